The van der Waals surface area contributed by atoms with Gasteiger partial charge in [0.25, 0.3) is 0 Å². The third kappa shape index (κ3) is 2.64. The highest BCUT2D eigenvalue weighted by atomic mass is 15.2. The molecule has 0 aromatic heterocycles. The average molecular weight is 235 g/mol. The highest BCUT2D eigenvalue weighted by molar-refractivity contribution is 5.14. The summed E-state index contributed by atoms with van der Waals surface area (Å²) in [5.41, 5.74) is 0.0987. The van der Waals surface area contributed by atoms with Crippen LogP contribution < -0.4 is 5.32 Å². The van der Waals surface area contributed by atoms with Crippen molar-refractivity contribution in [2.45, 2.75) is 45.6 Å². The molecular formula is C14H25N3. The molecule has 1 saturated carbocycles. The Balaban J connectivity index is 2.20. The molecular weight excluding hydrogens is 210 g/mol. The lowest BCUT2D eigenvalue weighted by molar-refractivity contribution is 0.0136. The summed E-state index contributed by atoms with van der Waals surface area (Å²) in [4.78, 5) is 2.43. The van der Waals surface area contributed by atoms with Crippen LogP contribution in [0, 0.1) is 22.7 Å². The predicted molar refractivity (Wildman–Crippen MR) is 69.6 cm³/mol. The molecule has 1 aliphatic carbocycles. The van der Waals surface area contributed by atoms with Crippen molar-refractivity contribution in [2.24, 2.45) is 11.3 Å². The Bertz CT molecular complexity index is 312. The second-order valence-electron chi connectivity index (χ2n) is 6.73. The van der Waals surface area contributed by atoms with Gasteiger partial charge in [0.05, 0.1) is 6.07 Å². The minimum absolute atomic E-state index is 0.205. The molecule has 2 unspecified atom stereocenters. The van der Waals surface area contributed by atoms with Crippen LogP contribution in [-0.4, -0.2) is 36.6 Å². The van der Waals surface area contributed by atoms with Gasteiger partial charge in [0, 0.05) is 26.2 Å². The lowest BCUT2D eigenvalue weighted by atomic mass is 9.64. The van der Waals surface area contributed by atoms with Gasteiger partial charge < -0.3 is 5.32 Å². The van der Waals surface area contributed by atoms with Gasteiger partial charge in [0.1, 0.15) is 5.54 Å². The van der Waals surface area contributed by atoms with E-state index in [1.54, 1.807) is 0 Å². The Kier molecular flexibility index (Phi) is 3.47. The average Bonchev–Trinajstić information content (AvgIpc) is 2.27. The van der Waals surface area contributed by atoms with Crippen molar-refractivity contribution in [1.29, 1.82) is 5.26 Å². The first-order valence-electron chi connectivity index (χ1n) is 6.84. The Morgan fingerprint density at radius 2 is 1.88 bits per heavy atom. The molecule has 1 heterocycles. The van der Waals surface area contributed by atoms with E-state index in [2.05, 4.69) is 37.1 Å². The van der Waals surface area contributed by atoms with E-state index < -0.39 is 0 Å². The van der Waals surface area contributed by atoms with Crippen LogP contribution in [0.2, 0.25) is 0 Å². The van der Waals surface area contributed by atoms with Crippen LogP contribution in [0.3, 0.4) is 0 Å². The maximum atomic E-state index is 9.73. The first-order valence-corrected chi connectivity index (χ1v) is 6.84. The van der Waals surface area contributed by atoms with Crippen LogP contribution in [0.1, 0.15) is 40.0 Å². The molecule has 0 aromatic rings. The summed E-state index contributed by atoms with van der Waals surface area (Å²) in [5, 5.41) is 13.1. The van der Waals surface area contributed by atoms with E-state index in [0.29, 0.717) is 11.3 Å². The molecule has 2 aliphatic rings. The van der Waals surface area contributed by atoms with E-state index in [9.17, 15) is 5.26 Å². The van der Waals surface area contributed by atoms with Crippen molar-refractivity contribution >= 4 is 0 Å². The number of hydrogen-bond donors (Lipinski definition) is 1. The molecule has 0 spiro atoms. The zero-order chi connectivity index (χ0) is 12.5. The fourth-order valence-electron chi connectivity index (χ4n) is 4.02. The molecule has 0 aromatic carbocycles. The molecule has 3 nitrogen and oxygen atoms in total. The topological polar surface area (TPSA) is 39.1 Å². The highest BCUT2D eigenvalue weighted by Crippen LogP contribution is 2.46. The molecule has 2 rings (SSSR count). The van der Waals surface area contributed by atoms with Gasteiger partial charge in [-0.25, -0.2) is 0 Å². The van der Waals surface area contributed by atoms with Gasteiger partial charge in [0.15, 0.2) is 0 Å². The molecule has 1 N–H and O–H groups in total. The maximum absolute atomic E-state index is 9.73. The van der Waals surface area contributed by atoms with Crippen LogP contribution in [0.15, 0.2) is 0 Å². The van der Waals surface area contributed by atoms with Crippen molar-refractivity contribution in [3.8, 4) is 6.07 Å². The second-order valence-corrected chi connectivity index (χ2v) is 6.73. The summed E-state index contributed by atoms with van der Waals surface area (Å²) in [5.74, 6) is 0.660. The lowest BCUT2D eigenvalue weighted by Gasteiger charge is -2.50. The van der Waals surface area contributed by atoms with Crippen LogP contribution in [0.25, 0.3) is 0 Å². The molecule has 17 heavy (non-hydrogen) atoms. The molecule has 1 saturated heterocycles. The van der Waals surface area contributed by atoms with Crippen molar-refractivity contribution in [3.63, 3.8) is 0 Å². The number of piperazine rings is 1. The number of nitriles is 1. The summed E-state index contributed by atoms with van der Waals surface area (Å²) < 4.78 is 0. The minimum atomic E-state index is -0.205. The monoisotopic (exact) mass is 235 g/mol. The van der Waals surface area contributed by atoms with Crippen molar-refractivity contribution in [3.05, 3.63) is 0 Å². The van der Waals surface area contributed by atoms with E-state index in [4.69, 9.17) is 0 Å². The summed E-state index contributed by atoms with van der Waals surface area (Å²) in [7, 11) is 0. The summed E-state index contributed by atoms with van der Waals surface area (Å²) in [6.45, 7) is 11.0. The van der Waals surface area contributed by atoms with Crippen molar-refractivity contribution in [1.82, 2.24) is 10.2 Å². The van der Waals surface area contributed by atoms with Crippen molar-refractivity contribution in [2.75, 3.05) is 26.2 Å². The van der Waals surface area contributed by atoms with Gasteiger partial charge in [-0.3, -0.25) is 4.90 Å². The van der Waals surface area contributed by atoms with Gasteiger partial charge in [-0.1, -0.05) is 20.8 Å². The molecule has 0 radical (unpaired) electrons. The van der Waals surface area contributed by atoms with Crippen molar-refractivity contribution < 1.29 is 0 Å². The third-order valence-electron chi connectivity index (χ3n) is 4.29. The number of hydrogen-bond acceptors (Lipinski definition) is 3. The predicted octanol–water partition coefficient (Wildman–Crippen LogP) is 2.00. The van der Waals surface area contributed by atoms with Gasteiger partial charge in [0.2, 0.25) is 0 Å². The first kappa shape index (κ1) is 12.9. The fraction of sp³-hybridized carbons (Fsp3) is 0.929. The number of nitrogens with one attached hydrogen (secondary N) is 1. The Morgan fingerprint density at radius 3 is 2.41 bits per heavy atom. The van der Waals surface area contributed by atoms with Gasteiger partial charge >= 0.3 is 0 Å². The van der Waals surface area contributed by atoms with E-state index in [1.165, 1.54) is 6.42 Å². The number of nitrogens with zero attached hydrogens (tertiary/aromatic N) is 2. The van der Waals surface area contributed by atoms with E-state index in [0.717, 1.165) is 39.0 Å². The zero-order valence-corrected chi connectivity index (χ0v) is 11.4. The fourth-order valence-corrected chi connectivity index (χ4v) is 4.02. The van der Waals surface area contributed by atoms with E-state index >= 15 is 0 Å². The molecule has 1 aliphatic heterocycles. The zero-order valence-electron chi connectivity index (χ0n) is 11.4. The second kappa shape index (κ2) is 4.59. The van der Waals surface area contributed by atoms with Crippen LogP contribution in [-0.2, 0) is 0 Å². The smallest absolute Gasteiger partial charge is 0.110 e. The highest BCUT2D eigenvalue weighted by Gasteiger charge is 2.47. The molecule has 96 valence electrons. The quantitative estimate of drug-likeness (QED) is 0.755. The largest absolute Gasteiger partial charge is 0.314 e. The Hall–Kier alpha value is -0.590. The van der Waals surface area contributed by atoms with Crippen LogP contribution >= 0.6 is 0 Å². The normalized spacial score (nSPS) is 38.6. The Morgan fingerprint density at radius 1 is 1.24 bits per heavy atom. The molecule has 2 fully saturated rings. The summed E-state index contributed by atoms with van der Waals surface area (Å²) >= 11 is 0. The summed E-state index contributed by atoms with van der Waals surface area (Å²) in [6, 6.07) is 2.67. The van der Waals surface area contributed by atoms with E-state index in [-0.39, 0.29) is 5.54 Å². The lowest BCUT2D eigenvalue weighted by Crippen LogP contribution is -2.59. The van der Waals surface area contributed by atoms with Gasteiger partial charge in [-0.2, -0.15) is 5.26 Å². The molecule has 2 atom stereocenters. The maximum Gasteiger partial charge on any atom is 0.110 e. The SMILES string of the molecule is CC1CC(C)(C)CC(C#N)(N2CCNCC2)C1. The van der Waals surface area contributed by atoms with E-state index in [1.807, 2.05) is 0 Å². The third-order valence-corrected chi connectivity index (χ3v) is 4.29. The number of rotatable bonds is 1. The van der Waals surface area contributed by atoms with Crippen LogP contribution in [0.5, 0.6) is 0 Å². The summed E-state index contributed by atoms with van der Waals surface area (Å²) in [6.07, 6.45) is 3.33. The van der Waals surface area contributed by atoms with Crippen LogP contribution in [0.4, 0.5) is 0 Å². The minimum Gasteiger partial charge on any atom is -0.314 e. The molecule has 0 bridgehead atoms. The Labute approximate surface area is 105 Å². The van der Waals surface area contributed by atoms with Gasteiger partial charge in [-0.15, -0.1) is 0 Å². The van der Waals surface area contributed by atoms with Gasteiger partial charge in [-0.05, 0) is 30.6 Å². The molecule has 0 amide bonds. The standard InChI is InChI=1S/C14H25N3/c1-12-8-13(2,3)10-14(9-12,11-15)17-6-4-16-5-7-17/h12,16H,4-10H2,1-3H3. The molecule has 3 heteroatoms. The first-order chi connectivity index (χ1) is 7.97.